The van der Waals surface area contributed by atoms with Gasteiger partial charge < -0.3 is 10.4 Å². The molecule has 3 heterocycles. The van der Waals surface area contributed by atoms with Gasteiger partial charge in [0.15, 0.2) is 0 Å². The van der Waals surface area contributed by atoms with Crippen LogP contribution in [-0.4, -0.2) is 48.7 Å². The lowest BCUT2D eigenvalue weighted by molar-refractivity contribution is -0.137. The van der Waals surface area contributed by atoms with Crippen LogP contribution in [0.4, 0.5) is 5.82 Å². The van der Waals surface area contributed by atoms with Crippen LogP contribution in [0.3, 0.4) is 0 Å². The third-order valence-electron chi connectivity index (χ3n) is 4.46. The molecular formula is C20H22N4O4S2. The van der Waals surface area contributed by atoms with E-state index in [0.29, 0.717) is 23.9 Å². The van der Waals surface area contributed by atoms with Crippen molar-refractivity contribution >= 4 is 57.7 Å². The minimum Gasteiger partial charge on any atom is -0.481 e. The number of aliphatic carboxylic acids is 1. The first-order valence-corrected chi connectivity index (χ1v) is 10.6. The van der Waals surface area contributed by atoms with Gasteiger partial charge in [0, 0.05) is 19.3 Å². The largest absolute Gasteiger partial charge is 0.481 e. The number of aromatic nitrogens is 2. The molecule has 0 aliphatic carbocycles. The fraction of sp³-hybridized carbons (Fsp3) is 0.350. The lowest BCUT2D eigenvalue weighted by Gasteiger charge is -2.14. The van der Waals surface area contributed by atoms with E-state index in [-0.39, 0.29) is 33.3 Å². The second-order valence-electron chi connectivity index (χ2n) is 7.32. The highest BCUT2D eigenvalue weighted by Crippen LogP contribution is 2.33. The van der Waals surface area contributed by atoms with Crippen molar-refractivity contribution in [3.63, 3.8) is 0 Å². The second kappa shape index (κ2) is 8.97. The maximum Gasteiger partial charge on any atom is 0.305 e. The van der Waals surface area contributed by atoms with Crippen LogP contribution < -0.4 is 10.9 Å². The number of hydrogen-bond donors (Lipinski definition) is 2. The highest BCUT2D eigenvalue weighted by molar-refractivity contribution is 8.26. The van der Waals surface area contributed by atoms with Gasteiger partial charge >= 0.3 is 5.97 Å². The van der Waals surface area contributed by atoms with E-state index < -0.39 is 11.9 Å². The number of carbonyl (C=O) groups is 2. The minimum atomic E-state index is -1.01. The quantitative estimate of drug-likeness (QED) is 0.494. The highest BCUT2D eigenvalue weighted by atomic mass is 32.2. The van der Waals surface area contributed by atoms with E-state index in [9.17, 15) is 14.4 Å². The Hall–Kier alpha value is -2.72. The Morgan fingerprint density at radius 1 is 1.40 bits per heavy atom. The highest BCUT2D eigenvalue weighted by Gasteiger charge is 2.32. The molecule has 2 N–H and O–H groups in total. The summed E-state index contributed by atoms with van der Waals surface area (Å²) < 4.78 is 1.72. The van der Waals surface area contributed by atoms with Crippen molar-refractivity contribution in [1.29, 1.82) is 0 Å². The summed E-state index contributed by atoms with van der Waals surface area (Å²) in [6.45, 7) is 6.55. The van der Waals surface area contributed by atoms with Gasteiger partial charge in [-0.3, -0.25) is 23.7 Å². The Balaban J connectivity index is 2.08. The van der Waals surface area contributed by atoms with E-state index >= 15 is 0 Å². The van der Waals surface area contributed by atoms with E-state index in [2.05, 4.69) is 10.3 Å². The molecule has 1 aliphatic heterocycles. The fourth-order valence-corrected chi connectivity index (χ4v) is 4.20. The molecule has 0 saturated carbocycles. The summed E-state index contributed by atoms with van der Waals surface area (Å²) in [6.07, 6.45) is 2.92. The molecule has 1 fully saturated rings. The molecular weight excluding hydrogens is 424 g/mol. The monoisotopic (exact) mass is 446 g/mol. The summed E-state index contributed by atoms with van der Waals surface area (Å²) in [6, 6.07) is 3.64. The third-order valence-corrected chi connectivity index (χ3v) is 5.84. The van der Waals surface area contributed by atoms with Crippen LogP contribution >= 0.6 is 24.0 Å². The van der Waals surface area contributed by atoms with Crippen molar-refractivity contribution in [3.8, 4) is 0 Å². The average molecular weight is 447 g/mol. The van der Waals surface area contributed by atoms with Crippen LogP contribution in [0.2, 0.25) is 0 Å². The zero-order valence-electron chi connectivity index (χ0n) is 16.8. The molecule has 8 nitrogen and oxygen atoms in total. The van der Waals surface area contributed by atoms with Crippen molar-refractivity contribution < 1.29 is 14.7 Å². The number of pyridine rings is 1. The molecule has 1 aliphatic rings. The van der Waals surface area contributed by atoms with Crippen LogP contribution in [0.1, 0.15) is 31.4 Å². The van der Waals surface area contributed by atoms with Crippen LogP contribution in [0.5, 0.6) is 0 Å². The van der Waals surface area contributed by atoms with E-state index in [4.69, 9.17) is 17.3 Å². The van der Waals surface area contributed by atoms with Gasteiger partial charge in [0.2, 0.25) is 0 Å². The Morgan fingerprint density at radius 2 is 2.13 bits per heavy atom. The predicted molar refractivity (Wildman–Crippen MR) is 122 cm³/mol. The van der Waals surface area contributed by atoms with Gasteiger partial charge in [-0.05, 0) is 30.5 Å². The number of thioether (sulfide) groups is 1. The molecule has 1 amide bonds. The topological polar surface area (TPSA) is 104 Å². The Kier molecular flexibility index (Phi) is 6.57. The molecule has 0 unspecified atom stereocenters. The van der Waals surface area contributed by atoms with Crippen LogP contribution in [0.25, 0.3) is 11.7 Å². The number of fused-ring (bicyclic) bond motifs is 1. The van der Waals surface area contributed by atoms with Crippen molar-refractivity contribution in [2.75, 3.05) is 18.4 Å². The number of amides is 1. The first-order chi connectivity index (χ1) is 14.2. The van der Waals surface area contributed by atoms with Gasteiger partial charge in [0.1, 0.15) is 15.8 Å². The van der Waals surface area contributed by atoms with Crippen molar-refractivity contribution in [2.45, 2.75) is 27.2 Å². The molecule has 0 spiro atoms. The van der Waals surface area contributed by atoms with Gasteiger partial charge in [-0.2, -0.15) is 0 Å². The van der Waals surface area contributed by atoms with Crippen molar-refractivity contribution in [1.82, 2.24) is 14.3 Å². The number of rotatable bonds is 7. The second-order valence-corrected chi connectivity index (χ2v) is 8.99. The minimum absolute atomic E-state index is 0.00998. The van der Waals surface area contributed by atoms with E-state index in [1.807, 2.05) is 26.8 Å². The number of thiocarbonyl (C=S) groups is 1. The fourth-order valence-electron chi connectivity index (χ4n) is 2.91. The number of anilines is 1. The van der Waals surface area contributed by atoms with Crippen LogP contribution in [0, 0.1) is 12.8 Å². The number of nitrogens with one attached hydrogen (secondary N) is 1. The number of aryl methyl sites for hydroxylation is 1. The molecule has 0 atom stereocenters. The summed E-state index contributed by atoms with van der Waals surface area (Å²) >= 11 is 6.28. The van der Waals surface area contributed by atoms with Gasteiger partial charge in [0.25, 0.3) is 11.5 Å². The number of nitrogens with zero attached hydrogens (tertiary/aromatic N) is 3. The molecule has 10 heteroatoms. The SMILES string of the molecule is Cc1cccn2c(=O)c(/C=C3\SC(=S)N(CCC(=O)O)C3=O)c(NCC(C)C)nc12. The van der Waals surface area contributed by atoms with Gasteiger partial charge in [0.05, 0.1) is 16.9 Å². The molecule has 2 aromatic rings. The zero-order chi connectivity index (χ0) is 22.0. The van der Waals surface area contributed by atoms with Gasteiger partial charge in [-0.1, -0.05) is 43.9 Å². The summed E-state index contributed by atoms with van der Waals surface area (Å²) in [5, 5.41) is 12.1. The van der Waals surface area contributed by atoms with E-state index in [0.717, 1.165) is 17.3 Å². The lowest BCUT2D eigenvalue weighted by atomic mass is 10.2. The normalized spacial score (nSPS) is 15.6. The maximum absolute atomic E-state index is 13.2. The summed E-state index contributed by atoms with van der Waals surface area (Å²) in [5.41, 5.74) is 1.36. The molecule has 30 heavy (non-hydrogen) atoms. The first-order valence-electron chi connectivity index (χ1n) is 9.42. The van der Waals surface area contributed by atoms with Crippen LogP contribution in [-0.2, 0) is 9.59 Å². The molecule has 0 radical (unpaired) electrons. The summed E-state index contributed by atoms with van der Waals surface area (Å²) in [7, 11) is 0. The van der Waals surface area contributed by atoms with Crippen molar-refractivity contribution in [3.05, 3.63) is 44.7 Å². The standard InChI is InChI=1S/C20H22N4O4S2/c1-11(2)10-21-16-13(18(27)23-7-4-5-12(3)17(23)22-16)9-14-19(28)24(20(29)30-14)8-6-15(25)26/h4-5,7,9,11,21H,6,8,10H2,1-3H3,(H,25,26)/b14-9-. The smallest absolute Gasteiger partial charge is 0.305 e. The lowest BCUT2D eigenvalue weighted by Crippen LogP contribution is -2.30. The summed E-state index contributed by atoms with van der Waals surface area (Å²) in [5.74, 6) is -0.696. The van der Waals surface area contributed by atoms with E-state index in [1.165, 1.54) is 15.4 Å². The van der Waals surface area contributed by atoms with E-state index in [1.54, 1.807) is 12.3 Å². The summed E-state index contributed by atoms with van der Waals surface area (Å²) in [4.78, 5) is 43.0. The Bertz CT molecular complexity index is 1120. The zero-order valence-corrected chi connectivity index (χ0v) is 18.5. The van der Waals surface area contributed by atoms with Gasteiger partial charge in [-0.25, -0.2) is 4.98 Å². The molecule has 1 saturated heterocycles. The van der Waals surface area contributed by atoms with Crippen LogP contribution in [0.15, 0.2) is 28.0 Å². The molecule has 158 valence electrons. The Morgan fingerprint density at radius 3 is 2.80 bits per heavy atom. The third kappa shape index (κ3) is 4.54. The molecule has 0 bridgehead atoms. The average Bonchev–Trinajstić information content (AvgIpc) is 2.94. The predicted octanol–water partition coefficient (Wildman–Crippen LogP) is 2.75. The molecule has 3 rings (SSSR count). The molecule has 0 aromatic carbocycles. The first kappa shape index (κ1) is 22.0. The van der Waals surface area contributed by atoms with Crippen molar-refractivity contribution in [2.24, 2.45) is 5.92 Å². The Labute approximate surface area is 183 Å². The maximum atomic E-state index is 13.2. The number of carboxylic acids is 1. The number of carboxylic acid groups (broad SMARTS) is 1. The molecule has 2 aromatic heterocycles. The number of carbonyl (C=O) groups excluding carboxylic acids is 1. The van der Waals surface area contributed by atoms with Gasteiger partial charge in [-0.15, -0.1) is 0 Å². The number of hydrogen-bond acceptors (Lipinski definition) is 7.